The van der Waals surface area contributed by atoms with Gasteiger partial charge in [-0.1, -0.05) is 95.0 Å². The molecule has 1 unspecified atom stereocenters. The summed E-state index contributed by atoms with van der Waals surface area (Å²) in [6.45, 7) is 3.20. The fraction of sp³-hybridized carbons (Fsp3) is 0.650. The molecule has 0 aliphatic carbocycles. The zero-order valence-corrected chi connectivity index (χ0v) is 14.2. The maximum Gasteiger partial charge on any atom is 0.121 e. The smallest absolute Gasteiger partial charge is 0.121 e. The summed E-state index contributed by atoms with van der Waals surface area (Å²) in [5, 5.41) is 12.6. The van der Waals surface area contributed by atoms with Crippen molar-refractivity contribution in [2.75, 3.05) is 6.54 Å². The molecule has 1 rings (SSSR count). The van der Waals surface area contributed by atoms with E-state index in [0.29, 0.717) is 0 Å². The molecule has 1 aromatic carbocycles. The second kappa shape index (κ2) is 13.3. The Morgan fingerprint density at radius 1 is 0.864 bits per heavy atom. The molecule has 0 amide bonds. The summed E-state index contributed by atoms with van der Waals surface area (Å²) < 4.78 is 0. The molecule has 2 nitrogen and oxygen atoms in total. The Morgan fingerprint density at radius 3 is 1.95 bits per heavy atom. The number of benzene rings is 1. The molecule has 2 heteroatoms. The minimum atomic E-state index is -0.167. The van der Waals surface area contributed by atoms with Gasteiger partial charge in [-0.15, -0.1) is 0 Å². The van der Waals surface area contributed by atoms with Gasteiger partial charge in [0, 0.05) is 0 Å². The van der Waals surface area contributed by atoms with Gasteiger partial charge in [0.2, 0.25) is 0 Å². The van der Waals surface area contributed by atoms with Crippen molar-refractivity contribution < 1.29 is 0 Å². The molecule has 1 atom stereocenters. The highest BCUT2D eigenvalue weighted by Gasteiger charge is 2.07. The Balaban J connectivity index is 1.96. The average molecular weight is 300 g/mol. The van der Waals surface area contributed by atoms with Crippen molar-refractivity contribution in [1.82, 2.24) is 5.32 Å². The molecule has 22 heavy (non-hydrogen) atoms. The second-order valence-electron chi connectivity index (χ2n) is 6.11. The van der Waals surface area contributed by atoms with Crippen molar-refractivity contribution in [3.8, 4) is 6.07 Å². The number of nitrogens with zero attached hydrogens (tertiary/aromatic N) is 1. The lowest BCUT2D eigenvalue weighted by Gasteiger charge is -2.11. The van der Waals surface area contributed by atoms with Crippen LogP contribution in [0.25, 0.3) is 0 Å². The first kappa shape index (κ1) is 18.7. The van der Waals surface area contributed by atoms with E-state index in [0.717, 1.165) is 12.1 Å². The van der Waals surface area contributed by atoms with Crippen LogP contribution in [0.1, 0.15) is 82.7 Å². The van der Waals surface area contributed by atoms with Gasteiger partial charge >= 0.3 is 0 Å². The lowest BCUT2D eigenvalue weighted by atomic mass is 10.1. The van der Waals surface area contributed by atoms with Crippen molar-refractivity contribution in [3.63, 3.8) is 0 Å². The highest BCUT2D eigenvalue weighted by atomic mass is 14.9. The van der Waals surface area contributed by atoms with Crippen LogP contribution in [0.15, 0.2) is 30.3 Å². The highest BCUT2D eigenvalue weighted by molar-refractivity contribution is 5.23. The largest absolute Gasteiger partial charge is 0.298 e. The van der Waals surface area contributed by atoms with Gasteiger partial charge in [0.15, 0.2) is 0 Å². The van der Waals surface area contributed by atoms with E-state index in [4.69, 9.17) is 0 Å². The Bertz CT molecular complexity index is 394. The van der Waals surface area contributed by atoms with E-state index in [2.05, 4.69) is 18.3 Å². The number of nitriles is 1. The van der Waals surface area contributed by atoms with Crippen molar-refractivity contribution in [3.05, 3.63) is 35.9 Å². The zero-order valence-electron chi connectivity index (χ0n) is 14.2. The van der Waals surface area contributed by atoms with Crippen LogP contribution in [0.5, 0.6) is 0 Å². The van der Waals surface area contributed by atoms with E-state index in [-0.39, 0.29) is 6.04 Å². The normalized spacial score (nSPS) is 12.0. The first-order valence-electron chi connectivity index (χ1n) is 9.06. The van der Waals surface area contributed by atoms with Crippen LogP contribution in [0.2, 0.25) is 0 Å². The van der Waals surface area contributed by atoms with Gasteiger partial charge in [-0.2, -0.15) is 5.26 Å². The number of nitrogens with one attached hydrogen (secondary N) is 1. The lowest BCUT2D eigenvalue weighted by molar-refractivity contribution is 0.534. The van der Waals surface area contributed by atoms with Crippen molar-refractivity contribution in [2.24, 2.45) is 0 Å². The average Bonchev–Trinajstić information content (AvgIpc) is 2.57. The Morgan fingerprint density at radius 2 is 1.41 bits per heavy atom. The molecule has 0 aromatic heterocycles. The maximum absolute atomic E-state index is 9.23. The van der Waals surface area contributed by atoms with Crippen LogP contribution in [0.4, 0.5) is 0 Å². The van der Waals surface area contributed by atoms with Gasteiger partial charge in [-0.25, -0.2) is 0 Å². The Labute approximate surface area is 136 Å². The number of unbranched alkanes of at least 4 members (excludes halogenated alkanes) is 9. The van der Waals surface area contributed by atoms with E-state index < -0.39 is 0 Å². The predicted molar refractivity (Wildman–Crippen MR) is 94.6 cm³/mol. The maximum atomic E-state index is 9.23. The minimum absolute atomic E-state index is 0.167. The summed E-state index contributed by atoms with van der Waals surface area (Å²) >= 11 is 0. The van der Waals surface area contributed by atoms with Crippen LogP contribution in [-0.2, 0) is 0 Å². The molecular formula is C20H32N2. The van der Waals surface area contributed by atoms with E-state index in [1.54, 1.807) is 0 Å². The number of hydrogen-bond acceptors (Lipinski definition) is 2. The van der Waals surface area contributed by atoms with Crippen LogP contribution in [-0.4, -0.2) is 6.54 Å². The summed E-state index contributed by atoms with van der Waals surface area (Å²) in [5.41, 5.74) is 1.07. The third-order valence-corrected chi connectivity index (χ3v) is 4.14. The molecule has 0 radical (unpaired) electrons. The van der Waals surface area contributed by atoms with E-state index in [1.165, 1.54) is 64.2 Å². The van der Waals surface area contributed by atoms with Gasteiger partial charge < -0.3 is 0 Å². The summed E-state index contributed by atoms with van der Waals surface area (Å²) in [6, 6.07) is 12.2. The number of rotatable bonds is 13. The first-order valence-corrected chi connectivity index (χ1v) is 9.06. The van der Waals surface area contributed by atoms with Crippen LogP contribution in [0, 0.1) is 11.3 Å². The molecule has 0 bridgehead atoms. The molecule has 0 saturated heterocycles. The van der Waals surface area contributed by atoms with Crippen molar-refractivity contribution in [1.29, 1.82) is 5.26 Å². The van der Waals surface area contributed by atoms with Gasteiger partial charge in [0.05, 0.1) is 6.07 Å². The molecule has 1 aromatic rings. The molecule has 0 spiro atoms. The summed E-state index contributed by atoms with van der Waals surface area (Å²) in [5.74, 6) is 0. The molecule has 0 aliphatic heterocycles. The van der Waals surface area contributed by atoms with Gasteiger partial charge in [-0.05, 0) is 18.5 Å². The third-order valence-electron chi connectivity index (χ3n) is 4.14. The first-order chi connectivity index (χ1) is 10.9. The van der Waals surface area contributed by atoms with Gasteiger partial charge in [0.1, 0.15) is 6.04 Å². The van der Waals surface area contributed by atoms with Crippen LogP contribution in [0.3, 0.4) is 0 Å². The standard InChI is InChI=1S/C20H32N2/c1-2-3-4-5-6-7-8-9-10-14-17-22-20(18-21)19-15-12-11-13-16-19/h11-13,15-16,20,22H,2-10,14,17H2,1H3. The van der Waals surface area contributed by atoms with E-state index in [9.17, 15) is 5.26 Å². The minimum Gasteiger partial charge on any atom is -0.298 e. The fourth-order valence-corrected chi connectivity index (χ4v) is 2.74. The second-order valence-corrected chi connectivity index (χ2v) is 6.11. The summed E-state index contributed by atoms with van der Waals surface area (Å²) in [6.07, 6.45) is 13.5. The quantitative estimate of drug-likeness (QED) is 0.470. The monoisotopic (exact) mass is 300 g/mol. The van der Waals surface area contributed by atoms with Crippen molar-refractivity contribution >= 4 is 0 Å². The summed E-state index contributed by atoms with van der Waals surface area (Å²) in [4.78, 5) is 0. The van der Waals surface area contributed by atoms with E-state index in [1.807, 2.05) is 30.3 Å². The van der Waals surface area contributed by atoms with Crippen LogP contribution < -0.4 is 5.32 Å². The third kappa shape index (κ3) is 8.85. The topological polar surface area (TPSA) is 35.8 Å². The van der Waals surface area contributed by atoms with Crippen LogP contribution >= 0.6 is 0 Å². The molecule has 0 aliphatic rings. The fourth-order valence-electron chi connectivity index (χ4n) is 2.74. The molecule has 0 saturated carbocycles. The van der Waals surface area contributed by atoms with Gasteiger partial charge in [-0.3, -0.25) is 5.32 Å². The molecular weight excluding hydrogens is 268 g/mol. The molecule has 0 fully saturated rings. The highest BCUT2D eigenvalue weighted by Crippen LogP contribution is 2.12. The van der Waals surface area contributed by atoms with E-state index >= 15 is 0 Å². The number of hydrogen-bond donors (Lipinski definition) is 1. The Hall–Kier alpha value is -1.33. The van der Waals surface area contributed by atoms with Gasteiger partial charge in [0.25, 0.3) is 0 Å². The predicted octanol–water partition coefficient (Wildman–Crippen LogP) is 5.76. The Kier molecular flexibility index (Phi) is 11.4. The zero-order chi connectivity index (χ0) is 15.9. The summed E-state index contributed by atoms with van der Waals surface area (Å²) in [7, 11) is 0. The molecule has 122 valence electrons. The SMILES string of the molecule is CCCCCCCCCCCCNC(C#N)c1ccccc1. The lowest BCUT2D eigenvalue weighted by Crippen LogP contribution is -2.21. The molecule has 0 heterocycles. The van der Waals surface area contributed by atoms with Crippen molar-refractivity contribution in [2.45, 2.75) is 77.2 Å². The molecule has 1 N–H and O–H groups in total.